The van der Waals surface area contributed by atoms with Gasteiger partial charge in [0.15, 0.2) is 11.8 Å². The van der Waals surface area contributed by atoms with E-state index in [4.69, 9.17) is 26.0 Å². The summed E-state index contributed by atoms with van der Waals surface area (Å²) >= 11 is 0. The Morgan fingerprint density at radius 1 is 1.26 bits per heavy atom. The Labute approximate surface area is 189 Å². The predicted octanol–water partition coefficient (Wildman–Crippen LogP) is -1.59. The molecule has 34 heavy (non-hydrogen) atoms. The van der Waals surface area contributed by atoms with E-state index in [9.17, 15) is 37.8 Å². The van der Waals surface area contributed by atoms with Crippen molar-refractivity contribution < 1.29 is 60.6 Å². The molecular formula is C13H20FN4O13P3. The second-order valence-corrected chi connectivity index (χ2v) is 11.1. The van der Waals surface area contributed by atoms with Crippen LogP contribution < -0.4 is 17.2 Å². The van der Waals surface area contributed by atoms with Crippen molar-refractivity contribution in [1.29, 1.82) is 0 Å². The number of phosphoric ester groups is 1. The van der Waals surface area contributed by atoms with Gasteiger partial charge >= 0.3 is 29.2 Å². The lowest BCUT2D eigenvalue weighted by Crippen LogP contribution is -2.55. The second kappa shape index (κ2) is 10.2. The first kappa shape index (κ1) is 28.7. The molecule has 0 amide bonds. The van der Waals surface area contributed by atoms with Crippen molar-refractivity contribution in [1.82, 2.24) is 9.55 Å². The second-order valence-electron chi connectivity index (χ2n) is 6.70. The average molecular weight is 552 g/mol. The van der Waals surface area contributed by atoms with Crippen molar-refractivity contribution >= 4 is 29.3 Å². The molecule has 1 saturated heterocycles. The van der Waals surface area contributed by atoms with E-state index in [0.717, 1.165) is 4.57 Å². The molecule has 0 aromatic carbocycles. The Morgan fingerprint density at radius 2 is 1.88 bits per heavy atom. The van der Waals surface area contributed by atoms with E-state index >= 15 is 0 Å². The number of nitrogen functional groups attached to an aromatic ring is 1. The maximum absolute atomic E-state index is 12.7. The Morgan fingerprint density at radius 3 is 2.41 bits per heavy atom. The smallest absolute Gasteiger partial charge is 0.387 e. The summed E-state index contributed by atoms with van der Waals surface area (Å²) in [7, 11) is -17.0. The highest BCUT2D eigenvalue weighted by Gasteiger charge is 2.55. The van der Waals surface area contributed by atoms with Crippen LogP contribution in [0, 0.1) is 18.8 Å². The van der Waals surface area contributed by atoms with Crippen molar-refractivity contribution in [2.45, 2.75) is 30.9 Å². The standard InChI is InChI=1S/C13H20FN4O13P3/c1-7-5-9(15)17-12(20)18(7)11-13(16,3-2-4-14)10(19)8(29-11)6-28-33(24,25)31-34(26,27)30-32(21,22)23/h5,8,10-11,19H,4,6,16H2,1H3,(H,24,25)(H,26,27)(H2,15,17,20)(H2,21,22,23)/t8-,10?,11-,13-/m1/s1. The highest BCUT2D eigenvalue weighted by Crippen LogP contribution is 2.66. The molecule has 9 N–H and O–H groups in total. The van der Waals surface area contributed by atoms with Gasteiger partial charge in [-0.25, -0.2) is 22.9 Å². The van der Waals surface area contributed by atoms with Crippen molar-refractivity contribution in [3.8, 4) is 11.8 Å². The average Bonchev–Trinajstić information content (AvgIpc) is 2.86. The Hall–Kier alpha value is -1.54. The van der Waals surface area contributed by atoms with Gasteiger partial charge in [0.05, 0.1) is 6.61 Å². The number of ether oxygens (including phenoxy) is 1. The molecule has 1 aliphatic rings. The SMILES string of the molecule is Cc1cc(N)nc(=O)n1[C@@H]1O[C@H](COP(=O)(O)OP(=O)(O)OP(=O)(O)O)C(O)[C@]1(N)C#CCF. The van der Waals surface area contributed by atoms with Crippen molar-refractivity contribution in [3.05, 3.63) is 22.2 Å². The van der Waals surface area contributed by atoms with E-state index in [1.807, 2.05) is 5.92 Å². The number of aryl methyl sites for hydroxylation is 1. The summed E-state index contributed by atoms with van der Waals surface area (Å²) < 4.78 is 64.6. The van der Waals surface area contributed by atoms with Crippen LogP contribution in [0.1, 0.15) is 11.9 Å². The van der Waals surface area contributed by atoms with Crippen molar-refractivity contribution in [2.75, 3.05) is 19.0 Å². The van der Waals surface area contributed by atoms with E-state index < -0.39 is 66.4 Å². The van der Waals surface area contributed by atoms with Gasteiger partial charge in [-0.2, -0.15) is 13.6 Å². The normalized spacial score (nSPS) is 28.5. The highest BCUT2D eigenvalue weighted by molar-refractivity contribution is 7.66. The zero-order chi connectivity index (χ0) is 26.1. The number of aliphatic hydroxyl groups is 1. The first-order valence-electron chi connectivity index (χ1n) is 8.73. The van der Waals surface area contributed by atoms with Gasteiger partial charge in [0, 0.05) is 5.69 Å². The number of halogens is 1. The minimum Gasteiger partial charge on any atom is -0.387 e. The van der Waals surface area contributed by atoms with Gasteiger partial charge < -0.3 is 40.9 Å². The van der Waals surface area contributed by atoms with Crippen LogP contribution >= 0.6 is 23.5 Å². The summed E-state index contributed by atoms with van der Waals surface area (Å²) in [6, 6.07) is 1.25. The largest absolute Gasteiger partial charge is 0.490 e. The molecular weight excluding hydrogens is 532 g/mol. The number of hydrogen-bond acceptors (Lipinski definition) is 12. The number of hydrogen-bond donors (Lipinski definition) is 7. The number of rotatable bonds is 8. The molecule has 2 heterocycles. The van der Waals surface area contributed by atoms with Crippen LogP contribution in [0.4, 0.5) is 10.2 Å². The molecule has 1 aromatic rings. The molecule has 17 nitrogen and oxygen atoms in total. The fourth-order valence-electron chi connectivity index (χ4n) is 2.92. The molecule has 0 radical (unpaired) electrons. The van der Waals surface area contributed by atoms with Crippen LogP contribution in [0.2, 0.25) is 0 Å². The molecule has 1 aromatic heterocycles. The van der Waals surface area contributed by atoms with Gasteiger partial charge in [-0.3, -0.25) is 9.09 Å². The molecule has 6 atom stereocenters. The van der Waals surface area contributed by atoms with Crippen LogP contribution in [-0.4, -0.2) is 65.3 Å². The lowest BCUT2D eigenvalue weighted by Gasteiger charge is -2.29. The van der Waals surface area contributed by atoms with Crippen molar-refractivity contribution in [2.24, 2.45) is 5.73 Å². The van der Waals surface area contributed by atoms with E-state index in [-0.39, 0.29) is 11.5 Å². The van der Waals surface area contributed by atoms with E-state index in [2.05, 4.69) is 24.0 Å². The molecule has 0 bridgehead atoms. The summed E-state index contributed by atoms with van der Waals surface area (Å²) in [6.45, 7) is -0.899. The number of nitrogens with zero attached hydrogens (tertiary/aromatic N) is 2. The van der Waals surface area contributed by atoms with Crippen LogP contribution in [0.5, 0.6) is 0 Å². The van der Waals surface area contributed by atoms with Gasteiger partial charge in [-0.05, 0) is 13.0 Å². The third kappa shape index (κ3) is 7.00. The summed E-state index contributed by atoms with van der Waals surface area (Å²) in [6.07, 6.45) is -5.22. The number of anilines is 1. The summed E-state index contributed by atoms with van der Waals surface area (Å²) in [5.74, 6) is 4.05. The molecule has 1 aliphatic heterocycles. The van der Waals surface area contributed by atoms with Gasteiger partial charge in [0.1, 0.15) is 24.7 Å². The Balaban J connectivity index is 2.31. The molecule has 0 saturated carbocycles. The monoisotopic (exact) mass is 552 g/mol. The van der Waals surface area contributed by atoms with Gasteiger partial charge in [-0.1, -0.05) is 11.8 Å². The lowest BCUT2D eigenvalue weighted by atomic mass is 9.91. The van der Waals surface area contributed by atoms with Crippen molar-refractivity contribution in [3.63, 3.8) is 0 Å². The molecule has 1 fully saturated rings. The highest BCUT2D eigenvalue weighted by atomic mass is 31.3. The van der Waals surface area contributed by atoms with Gasteiger partial charge in [-0.15, -0.1) is 0 Å². The molecule has 192 valence electrons. The van der Waals surface area contributed by atoms with Crippen LogP contribution in [0.25, 0.3) is 0 Å². The molecule has 0 spiro atoms. The number of aliphatic hydroxyl groups excluding tert-OH is 1. The number of aromatic nitrogens is 2. The fraction of sp³-hybridized carbons (Fsp3) is 0.538. The molecule has 2 rings (SSSR count). The minimum absolute atomic E-state index is 0.139. The third-order valence-electron chi connectivity index (χ3n) is 4.15. The first-order valence-corrected chi connectivity index (χ1v) is 13.3. The number of phosphoric acid groups is 3. The molecule has 21 heteroatoms. The molecule has 0 aliphatic carbocycles. The van der Waals surface area contributed by atoms with E-state index in [1.54, 1.807) is 0 Å². The van der Waals surface area contributed by atoms with Crippen LogP contribution in [0.3, 0.4) is 0 Å². The summed E-state index contributed by atoms with van der Waals surface area (Å²) in [5.41, 5.74) is 8.55. The maximum Gasteiger partial charge on any atom is 0.490 e. The topological polar surface area (TPSA) is 276 Å². The summed E-state index contributed by atoms with van der Waals surface area (Å²) in [5, 5.41) is 10.6. The minimum atomic E-state index is -5.79. The zero-order valence-electron chi connectivity index (χ0n) is 17.0. The third-order valence-corrected chi connectivity index (χ3v) is 7.95. The van der Waals surface area contributed by atoms with E-state index in [1.165, 1.54) is 13.0 Å². The number of alkyl halides is 1. The quantitative estimate of drug-likeness (QED) is 0.141. The predicted molar refractivity (Wildman–Crippen MR) is 108 cm³/mol. The van der Waals surface area contributed by atoms with Crippen LogP contribution in [-0.2, 0) is 31.6 Å². The number of nitrogens with two attached hydrogens (primary N) is 2. The summed E-state index contributed by atoms with van der Waals surface area (Å²) in [4.78, 5) is 51.7. The maximum atomic E-state index is 12.7. The van der Waals surface area contributed by atoms with Gasteiger partial charge in [0.2, 0.25) is 0 Å². The first-order chi connectivity index (χ1) is 15.4. The Kier molecular flexibility index (Phi) is 8.62. The Bertz CT molecular complexity index is 1190. The van der Waals surface area contributed by atoms with Gasteiger partial charge in [0.25, 0.3) is 0 Å². The van der Waals surface area contributed by atoms with E-state index in [0.29, 0.717) is 0 Å². The molecule has 3 unspecified atom stereocenters. The fourth-order valence-corrected chi connectivity index (χ4v) is 5.95. The zero-order valence-corrected chi connectivity index (χ0v) is 19.7. The van der Waals surface area contributed by atoms with Crippen LogP contribution in [0.15, 0.2) is 10.9 Å². The lowest BCUT2D eigenvalue weighted by molar-refractivity contribution is -0.0474.